The van der Waals surface area contributed by atoms with Crippen LogP contribution in [0.3, 0.4) is 0 Å². The van der Waals surface area contributed by atoms with E-state index in [2.05, 4.69) is 69.6 Å². The number of nitrogens with zero attached hydrogens (tertiary/aromatic N) is 1. The Morgan fingerprint density at radius 2 is 1.32 bits per heavy atom. The van der Waals surface area contributed by atoms with Gasteiger partial charge in [0.05, 0.1) is 40.3 Å². The molecule has 206 valence electrons. The minimum Gasteiger partial charge on any atom is -0.494 e. The molecule has 0 saturated carbocycles. The zero-order valence-electron chi connectivity index (χ0n) is 23.9. The maximum absolute atomic E-state index is 12.1. The van der Waals surface area contributed by atoms with Gasteiger partial charge in [-0.1, -0.05) is 101 Å². The largest absolute Gasteiger partial charge is 0.494 e. The molecule has 0 radical (unpaired) electrons. The summed E-state index contributed by atoms with van der Waals surface area (Å²) in [5.74, 6) is 0.814. The van der Waals surface area contributed by atoms with Crippen LogP contribution in [0.1, 0.15) is 95.1 Å². The SMILES string of the molecule is CCCCCCCCCCCc1ccc(OCCCCOC(=O)CC[N+](C)(C)Cc2ccccc2)cc1. The second kappa shape index (κ2) is 18.8. The molecule has 37 heavy (non-hydrogen) atoms. The van der Waals surface area contributed by atoms with E-state index >= 15 is 0 Å². The maximum atomic E-state index is 12.1. The van der Waals surface area contributed by atoms with Gasteiger partial charge >= 0.3 is 5.97 Å². The van der Waals surface area contributed by atoms with Crippen LogP contribution in [0.5, 0.6) is 5.75 Å². The molecule has 0 aliphatic heterocycles. The molecule has 0 aliphatic carbocycles. The summed E-state index contributed by atoms with van der Waals surface area (Å²) in [6.07, 6.45) is 15.6. The molecule has 4 heteroatoms. The first kappa shape index (κ1) is 30.9. The highest BCUT2D eigenvalue weighted by molar-refractivity contribution is 5.69. The Kier molecular flexibility index (Phi) is 15.7. The summed E-state index contributed by atoms with van der Waals surface area (Å²) < 4.78 is 12.1. The highest BCUT2D eigenvalue weighted by Crippen LogP contribution is 2.16. The van der Waals surface area contributed by atoms with Crippen LogP contribution in [0.4, 0.5) is 0 Å². The number of benzene rings is 2. The van der Waals surface area contributed by atoms with Crippen molar-refractivity contribution in [3.8, 4) is 5.75 Å². The zero-order chi connectivity index (χ0) is 26.6. The molecule has 0 atom stereocenters. The van der Waals surface area contributed by atoms with E-state index in [1.807, 2.05) is 6.07 Å². The summed E-state index contributed by atoms with van der Waals surface area (Å²) in [6, 6.07) is 19.0. The number of esters is 1. The van der Waals surface area contributed by atoms with Crippen LogP contribution in [0.2, 0.25) is 0 Å². The highest BCUT2D eigenvalue weighted by Gasteiger charge is 2.18. The number of hydrogen-bond donors (Lipinski definition) is 0. The van der Waals surface area contributed by atoms with Crippen LogP contribution < -0.4 is 4.74 Å². The molecule has 2 rings (SSSR count). The predicted octanol–water partition coefficient (Wildman–Crippen LogP) is 8.13. The number of rotatable bonds is 21. The van der Waals surface area contributed by atoms with Crippen molar-refractivity contribution in [1.29, 1.82) is 0 Å². The first-order valence-electron chi connectivity index (χ1n) is 14.7. The molecule has 0 unspecified atom stereocenters. The lowest BCUT2D eigenvalue weighted by Crippen LogP contribution is -2.40. The second-order valence-electron chi connectivity index (χ2n) is 11.1. The van der Waals surface area contributed by atoms with Crippen molar-refractivity contribution in [1.82, 2.24) is 0 Å². The fourth-order valence-electron chi connectivity index (χ4n) is 4.60. The van der Waals surface area contributed by atoms with Crippen LogP contribution in [-0.2, 0) is 22.5 Å². The first-order chi connectivity index (χ1) is 18.0. The lowest BCUT2D eigenvalue weighted by molar-refractivity contribution is -0.903. The molecule has 0 aromatic heterocycles. The quantitative estimate of drug-likeness (QED) is 0.0966. The molecule has 0 N–H and O–H groups in total. The molecule has 2 aromatic carbocycles. The van der Waals surface area contributed by atoms with Crippen LogP contribution in [-0.4, -0.2) is 44.3 Å². The Hall–Kier alpha value is -2.33. The highest BCUT2D eigenvalue weighted by atomic mass is 16.5. The number of ether oxygens (including phenoxy) is 2. The Balaban J connectivity index is 1.46. The average molecular weight is 511 g/mol. The topological polar surface area (TPSA) is 35.5 Å². The molecule has 0 amide bonds. The van der Waals surface area contributed by atoms with Crippen LogP contribution >= 0.6 is 0 Å². The van der Waals surface area contributed by atoms with Gasteiger partial charge in [-0.15, -0.1) is 0 Å². The number of unbranched alkanes of at least 4 members (excludes halogenated alkanes) is 9. The normalized spacial score (nSPS) is 11.4. The van der Waals surface area contributed by atoms with Gasteiger partial charge in [0, 0.05) is 5.56 Å². The molecule has 0 aliphatic rings. The summed E-state index contributed by atoms with van der Waals surface area (Å²) in [5, 5.41) is 0. The maximum Gasteiger partial charge on any atom is 0.311 e. The van der Waals surface area contributed by atoms with E-state index in [1.165, 1.54) is 68.9 Å². The van der Waals surface area contributed by atoms with Gasteiger partial charge in [0.1, 0.15) is 12.3 Å². The number of carbonyl (C=O) groups excluding carboxylic acids is 1. The van der Waals surface area contributed by atoms with Crippen molar-refractivity contribution in [2.75, 3.05) is 33.9 Å². The first-order valence-corrected chi connectivity index (χ1v) is 14.7. The Labute approximate surface area is 227 Å². The van der Waals surface area contributed by atoms with Crippen molar-refractivity contribution in [2.45, 2.75) is 96.9 Å². The van der Waals surface area contributed by atoms with E-state index in [-0.39, 0.29) is 5.97 Å². The number of carbonyl (C=O) groups is 1. The predicted molar refractivity (Wildman–Crippen MR) is 155 cm³/mol. The van der Waals surface area contributed by atoms with Gasteiger partial charge in [0.15, 0.2) is 0 Å². The van der Waals surface area contributed by atoms with Crippen molar-refractivity contribution >= 4 is 5.97 Å². The molecular weight excluding hydrogens is 458 g/mol. The van der Waals surface area contributed by atoms with E-state index in [9.17, 15) is 4.79 Å². The molecule has 0 saturated heterocycles. The molecule has 0 spiro atoms. The lowest BCUT2D eigenvalue weighted by Gasteiger charge is -2.29. The summed E-state index contributed by atoms with van der Waals surface area (Å²) in [4.78, 5) is 12.1. The van der Waals surface area contributed by atoms with Crippen molar-refractivity contribution in [3.63, 3.8) is 0 Å². The van der Waals surface area contributed by atoms with E-state index < -0.39 is 0 Å². The standard InChI is InChI=1S/C33H52NO3/c1-4-5-6-7-8-9-10-11-13-18-30-21-23-32(24-22-30)36-27-16-17-28-37-33(35)25-26-34(2,3)29-31-19-14-12-15-20-31/h12,14-15,19-24H,4-11,13,16-18,25-29H2,1-3H3/q+1. The summed E-state index contributed by atoms with van der Waals surface area (Å²) in [5.41, 5.74) is 2.68. The van der Waals surface area contributed by atoms with Gasteiger partial charge in [0.2, 0.25) is 0 Å². The smallest absolute Gasteiger partial charge is 0.311 e. The summed E-state index contributed by atoms with van der Waals surface area (Å²) >= 11 is 0. The van der Waals surface area contributed by atoms with Gasteiger partial charge < -0.3 is 14.0 Å². The molecule has 0 heterocycles. The van der Waals surface area contributed by atoms with Crippen LogP contribution in [0.15, 0.2) is 54.6 Å². The van der Waals surface area contributed by atoms with Crippen LogP contribution in [0, 0.1) is 0 Å². The van der Waals surface area contributed by atoms with Crippen LogP contribution in [0.25, 0.3) is 0 Å². The van der Waals surface area contributed by atoms with Gasteiger partial charge in [-0.25, -0.2) is 0 Å². The molecule has 0 fully saturated rings. The van der Waals surface area contributed by atoms with Gasteiger partial charge in [-0.05, 0) is 43.4 Å². The average Bonchev–Trinajstić information content (AvgIpc) is 2.89. The third-order valence-electron chi connectivity index (χ3n) is 6.94. The van der Waals surface area contributed by atoms with Gasteiger partial charge in [-0.3, -0.25) is 4.79 Å². The van der Waals surface area contributed by atoms with E-state index in [4.69, 9.17) is 9.47 Å². The van der Waals surface area contributed by atoms with Crippen molar-refractivity contribution in [3.05, 3.63) is 65.7 Å². The molecule has 4 nitrogen and oxygen atoms in total. The second-order valence-corrected chi connectivity index (χ2v) is 11.1. The molecule has 0 bridgehead atoms. The minimum atomic E-state index is -0.109. The molecular formula is C33H52NO3+. The third-order valence-corrected chi connectivity index (χ3v) is 6.94. The van der Waals surface area contributed by atoms with E-state index in [0.717, 1.165) is 42.6 Å². The van der Waals surface area contributed by atoms with E-state index in [1.54, 1.807) is 0 Å². The molecule has 2 aromatic rings. The zero-order valence-corrected chi connectivity index (χ0v) is 23.9. The number of aryl methyl sites for hydroxylation is 1. The lowest BCUT2D eigenvalue weighted by atomic mass is 10.0. The van der Waals surface area contributed by atoms with Gasteiger partial charge in [0.25, 0.3) is 0 Å². The van der Waals surface area contributed by atoms with Crippen molar-refractivity contribution in [2.24, 2.45) is 0 Å². The number of quaternary nitrogens is 1. The Morgan fingerprint density at radius 1 is 0.703 bits per heavy atom. The van der Waals surface area contributed by atoms with E-state index in [0.29, 0.717) is 19.6 Å². The Morgan fingerprint density at radius 3 is 2.00 bits per heavy atom. The fraction of sp³-hybridized carbons (Fsp3) is 0.606. The summed E-state index contributed by atoms with van der Waals surface area (Å²) in [7, 11) is 4.31. The fourth-order valence-corrected chi connectivity index (χ4v) is 4.60. The monoisotopic (exact) mass is 510 g/mol. The Bertz CT molecular complexity index is 832. The van der Waals surface area contributed by atoms with Crippen molar-refractivity contribution < 1.29 is 18.8 Å². The minimum absolute atomic E-state index is 0.109. The number of hydrogen-bond acceptors (Lipinski definition) is 3. The summed E-state index contributed by atoms with van der Waals surface area (Å²) in [6.45, 7) is 5.07. The van der Waals surface area contributed by atoms with Gasteiger partial charge in [-0.2, -0.15) is 0 Å². The third kappa shape index (κ3) is 15.5.